The second-order valence-corrected chi connectivity index (χ2v) is 7.94. The molecule has 3 saturated heterocycles. The Morgan fingerprint density at radius 2 is 2.05 bits per heavy atom. The predicted molar refractivity (Wildman–Crippen MR) is 82.6 cm³/mol. The molecule has 3 N–H and O–H groups in total. The number of nitrogens with zero attached hydrogens (tertiary/aromatic N) is 1. The zero-order chi connectivity index (χ0) is 15.0. The summed E-state index contributed by atoms with van der Waals surface area (Å²) < 4.78 is 27.9. The molecular formula is C14H20ClN3O2S. The van der Waals surface area contributed by atoms with E-state index in [1.807, 2.05) is 0 Å². The highest BCUT2D eigenvalue weighted by atomic mass is 35.5. The number of halogens is 1. The number of sulfonamides is 1. The minimum atomic E-state index is -3.52. The Labute approximate surface area is 130 Å². The van der Waals surface area contributed by atoms with Crippen molar-refractivity contribution < 1.29 is 8.42 Å². The summed E-state index contributed by atoms with van der Waals surface area (Å²) in [6.45, 7) is 3.20. The Hall–Kier alpha value is -0.660. The minimum Gasteiger partial charge on any atom is -0.326 e. The van der Waals surface area contributed by atoms with Gasteiger partial charge in [-0.1, -0.05) is 11.6 Å². The SMILES string of the molecule is NCc1cc(S(=O)(=O)NC2CN3CCC2CC3)ccc1Cl. The van der Waals surface area contributed by atoms with Crippen LogP contribution in [0.5, 0.6) is 0 Å². The van der Waals surface area contributed by atoms with Gasteiger partial charge in [0.05, 0.1) is 4.90 Å². The minimum absolute atomic E-state index is 0.00880. The van der Waals surface area contributed by atoms with E-state index in [0.29, 0.717) is 16.5 Å². The highest BCUT2D eigenvalue weighted by Crippen LogP contribution is 2.29. The highest BCUT2D eigenvalue weighted by molar-refractivity contribution is 7.89. The van der Waals surface area contributed by atoms with Gasteiger partial charge in [-0.2, -0.15) is 0 Å². The number of hydrogen-bond donors (Lipinski definition) is 2. The van der Waals surface area contributed by atoms with Gasteiger partial charge in [-0.15, -0.1) is 0 Å². The smallest absolute Gasteiger partial charge is 0.240 e. The van der Waals surface area contributed by atoms with E-state index in [4.69, 9.17) is 17.3 Å². The lowest BCUT2D eigenvalue weighted by atomic mass is 9.85. The van der Waals surface area contributed by atoms with Gasteiger partial charge in [0.15, 0.2) is 0 Å². The Balaban J connectivity index is 1.81. The van der Waals surface area contributed by atoms with Crippen LogP contribution in [0.15, 0.2) is 23.1 Å². The summed E-state index contributed by atoms with van der Waals surface area (Å²) in [5.74, 6) is 0.450. The Kier molecular flexibility index (Phi) is 4.25. The molecule has 5 nitrogen and oxygen atoms in total. The molecule has 0 saturated carbocycles. The molecule has 3 fully saturated rings. The molecule has 0 amide bonds. The number of fused-ring (bicyclic) bond motifs is 3. The van der Waals surface area contributed by atoms with Crippen LogP contribution in [0.3, 0.4) is 0 Å². The third-order valence-corrected chi connectivity index (χ3v) is 6.37. The van der Waals surface area contributed by atoms with Crippen LogP contribution in [0.2, 0.25) is 5.02 Å². The van der Waals surface area contributed by atoms with Crippen molar-refractivity contribution in [2.45, 2.75) is 30.3 Å². The number of nitrogens with one attached hydrogen (secondary N) is 1. The van der Waals surface area contributed by atoms with Crippen LogP contribution in [-0.4, -0.2) is 39.0 Å². The maximum Gasteiger partial charge on any atom is 0.240 e. The molecule has 0 spiro atoms. The lowest BCUT2D eigenvalue weighted by Crippen LogP contribution is -2.57. The fraction of sp³-hybridized carbons (Fsp3) is 0.571. The monoisotopic (exact) mass is 329 g/mol. The second kappa shape index (κ2) is 5.85. The Bertz CT molecular complexity index is 627. The number of nitrogens with two attached hydrogens (primary N) is 1. The standard InChI is InChI=1S/C14H20ClN3O2S/c15-13-2-1-12(7-11(13)8-16)21(19,20)17-14-9-18-5-3-10(14)4-6-18/h1-2,7,10,14,17H,3-6,8-9,16H2. The summed E-state index contributed by atoms with van der Waals surface area (Å²) in [5, 5.41) is 0.499. The first kappa shape index (κ1) is 15.2. The van der Waals surface area contributed by atoms with Crippen molar-refractivity contribution in [3.63, 3.8) is 0 Å². The molecule has 4 rings (SSSR count). The van der Waals surface area contributed by atoms with Crippen molar-refractivity contribution in [1.82, 2.24) is 9.62 Å². The molecule has 21 heavy (non-hydrogen) atoms. The molecule has 2 bridgehead atoms. The molecule has 116 valence electrons. The van der Waals surface area contributed by atoms with E-state index in [9.17, 15) is 8.42 Å². The van der Waals surface area contributed by atoms with Gasteiger partial charge in [-0.3, -0.25) is 0 Å². The van der Waals surface area contributed by atoms with Crippen LogP contribution in [0.4, 0.5) is 0 Å². The molecule has 0 radical (unpaired) electrons. The molecule has 3 aliphatic rings. The Morgan fingerprint density at radius 1 is 1.33 bits per heavy atom. The van der Waals surface area contributed by atoms with Crippen molar-refractivity contribution in [3.05, 3.63) is 28.8 Å². The summed E-state index contributed by atoms with van der Waals surface area (Å²) in [6.07, 6.45) is 2.14. The summed E-state index contributed by atoms with van der Waals surface area (Å²) in [5.41, 5.74) is 6.24. The van der Waals surface area contributed by atoms with E-state index in [0.717, 1.165) is 32.5 Å². The molecule has 3 aliphatic heterocycles. The predicted octanol–water partition coefficient (Wildman–Crippen LogP) is 1.17. The summed E-state index contributed by atoms with van der Waals surface area (Å²) in [4.78, 5) is 2.56. The van der Waals surface area contributed by atoms with Crippen molar-refractivity contribution in [3.8, 4) is 0 Å². The third kappa shape index (κ3) is 3.10. The molecule has 1 aromatic rings. The van der Waals surface area contributed by atoms with E-state index in [2.05, 4.69) is 9.62 Å². The van der Waals surface area contributed by atoms with E-state index in [-0.39, 0.29) is 17.5 Å². The third-order valence-electron chi connectivity index (χ3n) is 4.51. The number of benzene rings is 1. The molecule has 1 unspecified atom stereocenters. The summed E-state index contributed by atoms with van der Waals surface area (Å²) >= 11 is 5.99. The van der Waals surface area contributed by atoms with Crippen LogP contribution in [0.25, 0.3) is 0 Å². The zero-order valence-corrected chi connectivity index (χ0v) is 13.3. The summed E-state index contributed by atoms with van der Waals surface area (Å²) in [7, 11) is -3.52. The van der Waals surface area contributed by atoms with E-state index < -0.39 is 10.0 Å². The number of piperidine rings is 3. The van der Waals surface area contributed by atoms with Crippen LogP contribution in [0, 0.1) is 5.92 Å². The van der Waals surface area contributed by atoms with Crippen molar-refractivity contribution in [2.24, 2.45) is 11.7 Å². The molecule has 0 aliphatic carbocycles. The quantitative estimate of drug-likeness (QED) is 0.869. The van der Waals surface area contributed by atoms with E-state index in [1.54, 1.807) is 12.1 Å². The first-order valence-corrected chi connectivity index (χ1v) is 9.09. The van der Waals surface area contributed by atoms with Crippen LogP contribution >= 0.6 is 11.6 Å². The Morgan fingerprint density at radius 3 is 2.62 bits per heavy atom. The van der Waals surface area contributed by atoms with Crippen molar-refractivity contribution in [1.29, 1.82) is 0 Å². The largest absolute Gasteiger partial charge is 0.326 e. The fourth-order valence-electron chi connectivity index (χ4n) is 3.24. The van der Waals surface area contributed by atoms with Gasteiger partial charge < -0.3 is 10.6 Å². The molecular weight excluding hydrogens is 310 g/mol. The average molecular weight is 330 g/mol. The van der Waals surface area contributed by atoms with Gasteiger partial charge in [0, 0.05) is 24.2 Å². The van der Waals surface area contributed by atoms with Gasteiger partial charge in [-0.25, -0.2) is 13.1 Å². The van der Waals surface area contributed by atoms with Gasteiger partial charge in [0.1, 0.15) is 0 Å². The molecule has 1 aromatic carbocycles. The fourth-order valence-corrected chi connectivity index (χ4v) is 4.78. The second-order valence-electron chi connectivity index (χ2n) is 5.82. The molecule has 1 atom stereocenters. The van der Waals surface area contributed by atoms with Crippen LogP contribution < -0.4 is 10.5 Å². The van der Waals surface area contributed by atoms with Gasteiger partial charge in [0.25, 0.3) is 0 Å². The number of hydrogen-bond acceptors (Lipinski definition) is 4. The topological polar surface area (TPSA) is 75.4 Å². The van der Waals surface area contributed by atoms with Gasteiger partial charge in [0.2, 0.25) is 10.0 Å². The van der Waals surface area contributed by atoms with Crippen LogP contribution in [0.1, 0.15) is 18.4 Å². The zero-order valence-electron chi connectivity index (χ0n) is 11.8. The van der Waals surface area contributed by atoms with E-state index in [1.165, 1.54) is 6.07 Å². The van der Waals surface area contributed by atoms with Crippen molar-refractivity contribution >= 4 is 21.6 Å². The first-order valence-electron chi connectivity index (χ1n) is 7.23. The normalized spacial score (nSPS) is 28.8. The first-order chi connectivity index (χ1) is 9.99. The molecule has 0 aromatic heterocycles. The average Bonchev–Trinajstić information content (AvgIpc) is 2.48. The van der Waals surface area contributed by atoms with Gasteiger partial charge >= 0.3 is 0 Å². The molecule has 7 heteroatoms. The van der Waals surface area contributed by atoms with E-state index >= 15 is 0 Å². The van der Waals surface area contributed by atoms with Crippen molar-refractivity contribution in [2.75, 3.05) is 19.6 Å². The maximum absolute atomic E-state index is 12.5. The maximum atomic E-state index is 12.5. The van der Waals surface area contributed by atoms with Gasteiger partial charge in [-0.05, 0) is 55.6 Å². The number of rotatable bonds is 4. The summed E-state index contributed by atoms with van der Waals surface area (Å²) in [6, 6.07) is 4.70. The lowest BCUT2D eigenvalue weighted by Gasteiger charge is -2.44. The lowest BCUT2D eigenvalue weighted by molar-refractivity contribution is 0.0827. The highest BCUT2D eigenvalue weighted by Gasteiger charge is 2.36. The van der Waals surface area contributed by atoms with Crippen LogP contribution in [-0.2, 0) is 16.6 Å². The molecule has 3 heterocycles.